The van der Waals surface area contributed by atoms with Gasteiger partial charge in [-0.2, -0.15) is 0 Å². The summed E-state index contributed by atoms with van der Waals surface area (Å²) in [5.41, 5.74) is 3.89. The molecule has 1 unspecified atom stereocenters. The van der Waals surface area contributed by atoms with Crippen LogP contribution in [0.1, 0.15) is 38.3 Å². The van der Waals surface area contributed by atoms with E-state index in [1.54, 1.807) is 6.92 Å². The van der Waals surface area contributed by atoms with Gasteiger partial charge in [0.05, 0.1) is 23.8 Å². The molecule has 2 aromatic carbocycles. The summed E-state index contributed by atoms with van der Waals surface area (Å²) in [6.45, 7) is 5.67. The molecule has 1 aliphatic rings. The number of carbonyl (C=O) groups excluding carboxylic acids is 2. The normalized spacial score (nSPS) is 15.8. The monoisotopic (exact) mass is 399 g/mol. The second kappa shape index (κ2) is 9.76. The van der Waals surface area contributed by atoms with Crippen molar-refractivity contribution in [2.45, 2.75) is 27.2 Å². The van der Waals surface area contributed by atoms with Crippen molar-refractivity contribution in [2.24, 2.45) is 5.92 Å². The first-order valence-electron chi connectivity index (χ1n) is 10.1. The summed E-state index contributed by atoms with van der Waals surface area (Å²) in [5.74, 6) is 5.15. The van der Waals surface area contributed by atoms with Crippen molar-refractivity contribution in [3.63, 3.8) is 0 Å². The molecule has 0 bridgehead atoms. The van der Waals surface area contributed by atoms with E-state index >= 15 is 0 Å². The molecular formula is C26H25NO3. The lowest BCUT2D eigenvalue weighted by atomic mass is 9.81. The fraction of sp³-hybridized carbons (Fsp3) is 0.231. The van der Waals surface area contributed by atoms with E-state index in [1.165, 1.54) is 0 Å². The SMILES string of the molecule is CCOC(=O)C1=C(c2ccccc2)NC(C)=C(C(=O)CC)C1C#Cc1ccccc1. The summed E-state index contributed by atoms with van der Waals surface area (Å²) in [5, 5.41) is 3.29. The molecule has 0 saturated carbocycles. The Hall–Kier alpha value is -3.58. The van der Waals surface area contributed by atoms with Crippen LogP contribution in [0.4, 0.5) is 0 Å². The Labute approximate surface area is 177 Å². The highest BCUT2D eigenvalue weighted by Crippen LogP contribution is 2.35. The third-order valence-corrected chi connectivity index (χ3v) is 4.88. The molecule has 30 heavy (non-hydrogen) atoms. The lowest BCUT2D eigenvalue weighted by Gasteiger charge is -2.29. The van der Waals surface area contributed by atoms with Crippen LogP contribution in [-0.4, -0.2) is 18.4 Å². The number of Topliss-reactive ketones (excluding diaryl/α,β-unsaturated/α-hetero) is 1. The second-order valence-corrected chi connectivity index (χ2v) is 6.88. The first-order chi connectivity index (χ1) is 14.6. The number of dihydropyridines is 1. The van der Waals surface area contributed by atoms with Crippen molar-refractivity contribution in [3.8, 4) is 11.8 Å². The van der Waals surface area contributed by atoms with Gasteiger partial charge in [0, 0.05) is 23.3 Å². The van der Waals surface area contributed by atoms with Gasteiger partial charge in [-0.3, -0.25) is 4.79 Å². The van der Waals surface area contributed by atoms with E-state index in [4.69, 9.17) is 4.74 Å². The molecule has 0 saturated heterocycles. The van der Waals surface area contributed by atoms with Gasteiger partial charge in [-0.1, -0.05) is 67.3 Å². The maximum absolute atomic E-state index is 13.0. The van der Waals surface area contributed by atoms with Crippen LogP contribution in [0.15, 0.2) is 77.5 Å². The molecule has 0 spiro atoms. The minimum absolute atomic E-state index is 0.0405. The number of ether oxygens (including phenoxy) is 1. The number of hydrogen-bond acceptors (Lipinski definition) is 4. The molecule has 0 aromatic heterocycles. The summed E-state index contributed by atoms with van der Waals surface area (Å²) in [6, 6.07) is 19.1. The Bertz CT molecular complexity index is 1050. The Kier molecular flexibility index (Phi) is 6.87. The molecule has 1 aliphatic heterocycles. The van der Waals surface area contributed by atoms with Crippen LogP contribution in [-0.2, 0) is 14.3 Å². The van der Waals surface area contributed by atoms with E-state index in [2.05, 4.69) is 17.2 Å². The van der Waals surface area contributed by atoms with Gasteiger partial charge in [0.15, 0.2) is 5.78 Å². The maximum Gasteiger partial charge on any atom is 0.337 e. The average molecular weight is 399 g/mol. The molecule has 1 N–H and O–H groups in total. The zero-order valence-corrected chi connectivity index (χ0v) is 17.5. The van der Waals surface area contributed by atoms with Crippen LogP contribution in [0.3, 0.4) is 0 Å². The van der Waals surface area contributed by atoms with Gasteiger partial charge in [0.2, 0.25) is 0 Å². The van der Waals surface area contributed by atoms with Gasteiger partial charge in [-0.15, -0.1) is 0 Å². The molecule has 1 atom stereocenters. The van der Waals surface area contributed by atoms with E-state index in [0.717, 1.165) is 11.1 Å². The fourth-order valence-corrected chi connectivity index (χ4v) is 3.47. The quantitative estimate of drug-likeness (QED) is 0.595. The van der Waals surface area contributed by atoms with Crippen molar-refractivity contribution >= 4 is 17.4 Å². The molecular weight excluding hydrogens is 374 g/mol. The largest absolute Gasteiger partial charge is 0.463 e. The van der Waals surface area contributed by atoms with Gasteiger partial charge < -0.3 is 10.1 Å². The van der Waals surface area contributed by atoms with Crippen molar-refractivity contribution in [2.75, 3.05) is 6.61 Å². The Morgan fingerprint density at radius 2 is 1.60 bits per heavy atom. The van der Waals surface area contributed by atoms with Crippen LogP contribution in [0.2, 0.25) is 0 Å². The van der Waals surface area contributed by atoms with Gasteiger partial charge in [0.25, 0.3) is 0 Å². The van der Waals surface area contributed by atoms with E-state index in [-0.39, 0.29) is 12.4 Å². The fourth-order valence-electron chi connectivity index (χ4n) is 3.47. The number of nitrogens with one attached hydrogen (secondary N) is 1. The van der Waals surface area contributed by atoms with Gasteiger partial charge in [-0.05, 0) is 31.5 Å². The van der Waals surface area contributed by atoms with Crippen LogP contribution in [0, 0.1) is 17.8 Å². The molecule has 0 amide bonds. The molecule has 0 fully saturated rings. The number of ketones is 1. The number of esters is 1. The number of rotatable bonds is 5. The van der Waals surface area contributed by atoms with Crippen LogP contribution < -0.4 is 5.32 Å². The molecule has 0 radical (unpaired) electrons. The number of carbonyl (C=O) groups is 2. The summed E-state index contributed by atoms with van der Waals surface area (Å²) in [6.07, 6.45) is 0.328. The van der Waals surface area contributed by atoms with Crippen LogP contribution in [0.5, 0.6) is 0 Å². The van der Waals surface area contributed by atoms with Crippen molar-refractivity contribution in [3.05, 3.63) is 88.6 Å². The van der Waals surface area contributed by atoms with Gasteiger partial charge in [-0.25, -0.2) is 4.79 Å². The van der Waals surface area contributed by atoms with Crippen molar-refractivity contribution in [1.82, 2.24) is 5.32 Å². The molecule has 2 aromatic rings. The zero-order valence-electron chi connectivity index (χ0n) is 17.5. The summed E-state index contributed by atoms with van der Waals surface area (Å²) in [7, 11) is 0. The third kappa shape index (κ3) is 4.52. The number of allylic oxidation sites excluding steroid dienone is 2. The molecule has 1 heterocycles. The smallest absolute Gasteiger partial charge is 0.337 e. The minimum atomic E-state index is -0.673. The van der Waals surface area contributed by atoms with Crippen LogP contribution >= 0.6 is 0 Å². The van der Waals surface area contributed by atoms with E-state index in [0.29, 0.717) is 29.0 Å². The molecule has 4 heteroatoms. The highest BCUT2D eigenvalue weighted by atomic mass is 16.5. The minimum Gasteiger partial charge on any atom is -0.463 e. The molecule has 4 nitrogen and oxygen atoms in total. The third-order valence-electron chi connectivity index (χ3n) is 4.88. The van der Waals surface area contributed by atoms with E-state index in [9.17, 15) is 9.59 Å². The lowest BCUT2D eigenvalue weighted by molar-refractivity contribution is -0.138. The summed E-state index contributed by atoms with van der Waals surface area (Å²) in [4.78, 5) is 25.9. The zero-order chi connectivity index (χ0) is 21.5. The summed E-state index contributed by atoms with van der Waals surface area (Å²) >= 11 is 0. The topological polar surface area (TPSA) is 55.4 Å². The number of hydrogen-bond donors (Lipinski definition) is 1. The van der Waals surface area contributed by atoms with Crippen LogP contribution in [0.25, 0.3) is 5.70 Å². The highest BCUT2D eigenvalue weighted by Gasteiger charge is 2.36. The second-order valence-electron chi connectivity index (χ2n) is 6.88. The predicted octanol–water partition coefficient (Wildman–Crippen LogP) is 4.49. The Morgan fingerprint density at radius 1 is 0.967 bits per heavy atom. The molecule has 3 rings (SSSR count). The predicted molar refractivity (Wildman–Crippen MR) is 118 cm³/mol. The van der Waals surface area contributed by atoms with Crippen molar-refractivity contribution in [1.29, 1.82) is 0 Å². The molecule has 152 valence electrons. The van der Waals surface area contributed by atoms with Gasteiger partial charge in [0.1, 0.15) is 0 Å². The lowest BCUT2D eigenvalue weighted by Crippen LogP contribution is -2.32. The van der Waals surface area contributed by atoms with Gasteiger partial charge >= 0.3 is 5.97 Å². The Morgan fingerprint density at radius 3 is 2.20 bits per heavy atom. The summed E-state index contributed by atoms with van der Waals surface area (Å²) < 4.78 is 5.37. The molecule has 0 aliphatic carbocycles. The van der Waals surface area contributed by atoms with E-state index < -0.39 is 11.9 Å². The Balaban J connectivity index is 2.22. The first kappa shape index (κ1) is 21.1. The standard InChI is InChI=1S/C26H25NO3/c1-4-22(28)23-18(3)27-25(20-14-10-7-11-15-20)24(26(29)30-5-2)21(23)17-16-19-12-8-6-9-13-19/h6-15,21,27H,4-5H2,1-3H3. The average Bonchev–Trinajstić information content (AvgIpc) is 2.78. The first-order valence-corrected chi connectivity index (χ1v) is 10.1. The number of benzene rings is 2. The van der Waals surface area contributed by atoms with E-state index in [1.807, 2.05) is 74.5 Å². The maximum atomic E-state index is 13.0. The van der Waals surface area contributed by atoms with Crippen molar-refractivity contribution < 1.29 is 14.3 Å². The highest BCUT2D eigenvalue weighted by molar-refractivity contribution is 6.06.